The first-order chi connectivity index (χ1) is 9.58. The number of nitrogens with zero attached hydrogens (tertiary/aromatic N) is 1. The van der Waals surface area contributed by atoms with Crippen molar-refractivity contribution in [3.05, 3.63) is 53.4 Å². The Morgan fingerprint density at radius 2 is 2.05 bits per heavy atom. The van der Waals surface area contributed by atoms with Crippen molar-refractivity contribution in [1.82, 2.24) is 10.5 Å². The van der Waals surface area contributed by atoms with E-state index in [4.69, 9.17) is 4.52 Å². The normalized spacial score (nSPS) is 11.8. The molecule has 6 heteroatoms. The number of aliphatic carboxylic acids is 1. The van der Waals surface area contributed by atoms with Crippen molar-refractivity contribution in [3.63, 3.8) is 0 Å². The molecule has 1 atom stereocenters. The van der Waals surface area contributed by atoms with Gasteiger partial charge in [-0.3, -0.25) is 9.59 Å². The second-order valence-electron chi connectivity index (χ2n) is 4.33. The van der Waals surface area contributed by atoms with Crippen molar-refractivity contribution in [2.45, 2.75) is 12.8 Å². The summed E-state index contributed by atoms with van der Waals surface area (Å²) in [7, 11) is 0. The maximum absolute atomic E-state index is 11.8. The Morgan fingerprint density at radius 1 is 1.35 bits per heavy atom. The second kappa shape index (κ2) is 6.01. The number of hydrogen-bond donors (Lipinski definition) is 2. The fraction of sp³-hybridized carbons (Fsp3) is 0.214. The zero-order valence-electron chi connectivity index (χ0n) is 10.9. The third kappa shape index (κ3) is 3.23. The summed E-state index contributed by atoms with van der Waals surface area (Å²) >= 11 is 0. The molecule has 20 heavy (non-hydrogen) atoms. The van der Waals surface area contributed by atoms with Crippen LogP contribution >= 0.6 is 0 Å². The van der Waals surface area contributed by atoms with Crippen LogP contribution < -0.4 is 5.32 Å². The lowest BCUT2D eigenvalue weighted by molar-refractivity contribution is -0.138. The molecular weight excluding hydrogens is 260 g/mol. The zero-order valence-corrected chi connectivity index (χ0v) is 10.9. The van der Waals surface area contributed by atoms with Gasteiger partial charge in [0.1, 0.15) is 5.76 Å². The third-order valence-electron chi connectivity index (χ3n) is 2.83. The highest BCUT2D eigenvalue weighted by molar-refractivity contribution is 5.92. The van der Waals surface area contributed by atoms with Gasteiger partial charge < -0.3 is 14.9 Å². The molecule has 0 saturated heterocycles. The van der Waals surface area contributed by atoms with Crippen LogP contribution in [0.15, 0.2) is 40.9 Å². The molecule has 0 aliphatic carbocycles. The molecule has 1 aromatic carbocycles. The van der Waals surface area contributed by atoms with Crippen molar-refractivity contribution < 1.29 is 19.2 Å². The van der Waals surface area contributed by atoms with Gasteiger partial charge in [-0.05, 0) is 12.5 Å². The van der Waals surface area contributed by atoms with Crippen LogP contribution in [-0.4, -0.2) is 28.7 Å². The van der Waals surface area contributed by atoms with Crippen LogP contribution in [0.25, 0.3) is 0 Å². The number of benzene rings is 1. The first-order valence-electron chi connectivity index (χ1n) is 6.07. The monoisotopic (exact) mass is 274 g/mol. The number of nitrogens with one attached hydrogen (secondary N) is 1. The summed E-state index contributed by atoms with van der Waals surface area (Å²) in [5.74, 6) is -1.72. The van der Waals surface area contributed by atoms with Crippen LogP contribution in [0.2, 0.25) is 0 Å². The van der Waals surface area contributed by atoms with E-state index < -0.39 is 17.8 Å². The number of rotatable bonds is 5. The average Bonchev–Trinajstić information content (AvgIpc) is 2.86. The van der Waals surface area contributed by atoms with Gasteiger partial charge in [0, 0.05) is 12.6 Å². The minimum Gasteiger partial charge on any atom is -0.481 e. The molecular formula is C14H14N2O4. The zero-order chi connectivity index (χ0) is 14.5. The lowest BCUT2D eigenvalue weighted by Crippen LogP contribution is -2.31. The number of carbonyl (C=O) groups is 2. The maximum Gasteiger partial charge on any atom is 0.312 e. The van der Waals surface area contributed by atoms with Crippen molar-refractivity contribution in [1.29, 1.82) is 0 Å². The van der Waals surface area contributed by atoms with E-state index in [9.17, 15) is 14.7 Å². The number of aryl methyl sites for hydroxylation is 1. The smallest absolute Gasteiger partial charge is 0.312 e. The van der Waals surface area contributed by atoms with Gasteiger partial charge in [-0.1, -0.05) is 35.5 Å². The minimum atomic E-state index is -0.993. The Balaban J connectivity index is 2.03. The Morgan fingerprint density at radius 3 is 2.60 bits per heavy atom. The van der Waals surface area contributed by atoms with Crippen LogP contribution in [0.3, 0.4) is 0 Å². The molecule has 6 nitrogen and oxygen atoms in total. The van der Waals surface area contributed by atoms with Crippen LogP contribution in [-0.2, 0) is 4.79 Å². The van der Waals surface area contributed by atoms with Gasteiger partial charge in [-0.2, -0.15) is 0 Å². The SMILES string of the molecule is Cc1cc(C(=O)NCC(C(=O)O)c2ccccc2)no1. The number of hydrogen-bond acceptors (Lipinski definition) is 4. The second-order valence-corrected chi connectivity index (χ2v) is 4.33. The standard InChI is InChI=1S/C14H14N2O4/c1-9-7-12(16-20-9)13(17)15-8-11(14(18)19)10-5-3-2-4-6-10/h2-7,11H,8H2,1H3,(H,15,17)(H,18,19). The van der Waals surface area contributed by atoms with E-state index in [1.807, 2.05) is 0 Å². The topological polar surface area (TPSA) is 92.4 Å². The quantitative estimate of drug-likeness (QED) is 0.863. The Labute approximate surface area is 115 Å². The summed E-state index contributed by atoms with van der Waals surface area (Å²) in [6.07, 6.45) is 0. The molecule has 1 unspecified atom stereocenters. The van der Waals surface area contributed by atoms with Gasteiger partial charge in [0.15, 0.2) is 5.69 Å². The molecule has 0 fully saturated rings. The summed E-state index contributed by atoms with van der Waals surface area (Å²) in [6, 6.07) is 10.2. The van der Waals surface area contributed by atoms with Crippen LogP contribution in [0.1, 0.15) is 27.7 Å². The van der Waals surface area contributed by atoms with E-state index >= 15 is 0 Å². The number of carboxylic acids is 1. The molecule has 0 bridgehead atoms. The van der Waals surface area contributed by atoms with Gasteiger partial charge in [-0.15, -0.1) is 0 Å². The minimum absolute atomic E-state index is 0.00983. The average molecular weight is 274 g/mol. The largest absolute Gasteiger partial charge is 0.481 e. The molecule has 104 valence electrons. The van der Waals surface area contributed by atoms with Crippen LogP contribution in [0.4, 0.5) is 0 Å². The fourth-order valence-corrected chi connectivity index (χ4v) is 1.79. The van der Waals surface area contributed by atoms with Crippen molar-refractivity contribution in [3.8, 4) is 0 Å². The number of carbonyl (C=O) groups excluding carboxylic acids is 1. The molecule has 0 spiro atoms. The van der Waals surface area contributed by atoms with E-state index in [1.165, 1.54) is 6.07 Å². The highest BCUT2D eigenvalue weighted by Crippen LogP contribution is 2.15. The van der Waals surface area contributed by atoms with Gasteiger partial charge >= 0.3 is 5.97 Å². The van der Waals surface area contributed by atoms with Crippen molar-refractivity contribution in [2.75, 3.05) is 6.54 Å². The van der Waals surface area contributed by atoms with E-state index in [2.05, 4.69) is 10.5 Å². The molecule has 0 aliphatic rings. The summed E-state index contributed by atoms with van der Waals surface area (Å²) < 4.78 is 4.80. The predicted octanol–water partition coefficient (Wildman–Crippen LogP) is 1.58. The Hall–Kier alpha value is -2.63. The summed E-state index contributed by atoms with van der Waals surface area (Å²) in [5, 5.41) is 15.4. The fourth-order valence-electron chi connectivity index (χ4n) is 1.79. The van der Waals surface area contributed by atoms with Gasteiger partial charge in [-0.25, -0.2) is 0 Å². The summed E-state index contributed by atoms with van der Waals surface area (Å²) in [4.78, 5) is 23.1. The molecule has 0 radical (unpaired) electrons. The van der Waals surface area contributed by atoms with Crippen molar-refractivity contribution >= 4 is 11.9 Å². The molecule has 2 aromatic rings. The van der Waals surface area contributed by atoms with E-state index in [1.54, 1.807) is 37.3 Å². The number of aromatic nitrogens is 1. The molecule has 2 rings (SSSR count). The highest BCUT2D eigenvalue weighted by Gasteiger charge is 2.21. The molecule has 1 heterocycles. The third-order valence-corrected chi connectivity index (χ3v) is 2.83. The Bertz CT molecular complexity index is 607. The first-order valence-corrected chi connectivity index (χ1v) is 6.07. The summed E-state index contributed by atoms with van der Waals surface area (Å²) in [5.41, 5.74) is 0.774. The van der Waals surface area contributed by atoms with E-state index in [-0.39, 0.29) is 12.2 Å². The van der Waals surface area contributed by atoms with E-state index in [0.29, 0.717) is 11.3 Å². The Kier molecular flexibility index (Phi) is 4.14. The van der Waals surface area contributed by atoms with Gasteiger partial charge in [0.25, 0.3) is 5.91 Å². The first kappa shape index (κ1) is 13.8. The maximum atomic E-state index is 11.8. The summed E-state index contributed by atoms with van der Waals surface area (Å²) in [6.45, 7) is 1.66. The molecule has 0 aliphatic heterocycles. The molecule has 0 saturated carbocycles. The number of amides is 1. The number of carboxylic acid groups (broad SMARTS) is 1. The van der Waals surface area contributed by atoms with Gasteiger partial charge in [0.05, 0.1) is 5.92 Å². The van der Waals surface area contributed by atoms with Crippen LogP contribution in [0.5, 0.6) is 0 Å². The molecule has 1 aromatic heterocycles. The lowest BCUT2D eigenvalue weighted by Gasteiger charge is -2.13. The molecule has 2 N–H and O–H groups in total. The van der Waals surface area contributed by atoms with Crippen molar-refractivity contribution in [2.24, 2.45) is 0 Å². The molecule has 1 amide bonds. The predicted molar refractivity (Wildman–Crippen MR) is 70.4 cm³/mol. The van der Waals surface area contributed by atoms with E-state index in [0.717, 1.165) is 0 Å². The van der Waals surface area contributed by atoms with Gasteiger partial charge in [0.2, 0.25) is 0 Å². The highest BCUT2D eigenvalue weighted by atomic mass is 16.5. The van der Waals surface area contributed by atoms with Crippen LogP contribution in [0, 0.1) is 6.92 Å². The lowest BCUT2D eigenvalue weighted by atomic mass is 9.99.